The van der Waals surface area contributed by atoms with Crippen LogP contribution < -0.4 is 4.74 Å². The van der Waals surface area contributed by atoms with Gasteiger partial charge in [-0.3, -0.25) is 0 Å². The molecule has 0 bridgehead atoms. The molecule has 1 aliphatic heterocycles. The van der Waals surface area contributed by atoms with E-state index in [1.807, 2.05) is 0 Å². The van der Waals surface area contributed by atoms with E-state index in [9.17, 15) is 17.6 Å². The Labute approximate surface area is 108 Å². The van der Waals surface area contributed by atoms with Crippen molar-refractivity contribution in [1.29, 1.82) is 0 Å². The zero-order valence-electron chi connectivity index (χ0n) is 10.6. The van der Waals surface area contributed by atoms with Crippen LogP contribution in [0.2, 0.25) is 0 Å². The number of methoxy groups -OCH3 is 1. The van der Waals surface area contributed by atoms with Crippen molar-refractivity contribution in [3.05, 3.63) is 29.6 Å². The first-order valence-electron chi connectivity index (χ1n) is 5.81. The number of alkyl halides is 3. The summed E-state index contributed by atoms with van der Waals surface area (Å²) in [6.07, 6.45) is -4.78. The molecule has 1 aromatic carbocycles. The van der Waals surface area contributed by atoms with Gasteiger partial charge >= 0.3 is 6.18 Å². The van der Waals surface area contributed by atoms with Gasteiger partial charge in [-0.25, -0.2) is 4.39 Å². The number of halogens is 4. The largest absolute Gasteiger partial charge is 0.496 e. The van der Waals surface area contributed by atoms with E-state index in [0.717, 1.165) is 6.92 Å². The maximum atomic E-state index is 13.8. The molecule has 0 aliphatic carbocycles. The van der Waals surface area contributed by atoms with E-state index in [1.54, 1.807) is 0 Å². The van der Waals surface area contributed by atoms with E-state index in [1.165, 1.54) is 25.3 Å². The fourth-order valence-corrected chi connectivity index (χ4v) is 2.35. The van der Waals surface area contributed by atoms with E-state index in [2.05, 4.69) is 0 Å². The van der Waals surface area contributed by atoms with E-state index in [-0.39, 0.29) is 24.3 Å². The fourth-order valence-electron chi connectivity index (χ4n) is 2.35. The summed E-state index contributed by atoms with van der Waals surface area (Å²) in [7, 11) is 1.36. The molecule has 1 saturated heterocycles. The number of benzene rings is 1. The predicted molar refractivity (Wildman–Crippen MR) is 60.7 cm³/mol. The molecule has 1 fully saturated rings. The van der Waals surface area contributed by atoms with Crippen LogP contribution in [0.4, 0.5) is 17.6 Å². The molecule has 0 amide bonds. The molecule has 106 valence electrons. The van der Waals surface area contributed by atoms with Gasteiger partial charge in [-0.05, 0) is 25.5 Å². The van der Waals surface area contributed by atoms with E-state index >= 15 is 0 Å². The summed E-state index contributed by atoms with van der Waals surface area (Å²) in [5.41, 5.74) is -2.08. The summed E-state index contributed by atoms with van der Waals surface area (Å²) < 4.78 is 62.3. The lowest BCUT2D eigenvalue weighted by Crippen LogP contribution is -2.41. The van der Waals surface area contributed by atoms with Crippen molar-refractivity contribution in [3.8, 4) is 5.75 Å². The summed E-state index contributed by atoms with van der Waals surface area (Å²) >= 11 is 0. The molecular formula is C13H14F4O2. The SMILES string of the molecule is COc1cccc(F)c1[C@@H]1CO[C@](C)(C(F)(F)F)C1. The second-order valence-electron chi connectivity index (χ2n) is 4.80. The van der Waals surface area contributed by atoms with Crippen LogP contribution in [-0.4, -0.2) is 25.5 Å². The fraction of sp³-hybridized carbons (Fsp3) is 0.538. The Kier molecular flexibility index (Phi) is 3.47. The zero-order chi connectivity index (χ0) is 14.3. The maximum absolute atomic E-state index is 13.8. The van der Waals surface area contributed by atoms with Crippen molar-refractivity contribution in [3.63, 3.8) is 0 Å². The van der Waals surface area contributed by atoms with Gasteiger partial charge in [-0.1, -0.05) is 6.07 Å². The van der Waals surface area contributed by atoms with Crippen LogP contribution in [0.15, 0.2) is 18.2 Å². The molecule has 0 spiro atoms. The lowest BCUT2D eigenvalue weighted by atomic mass is 9.89. The summed E-state index contributed by atoms with van der Waals surface area (Å²) in [4.78, 5) is 0. The third-order valence-corrected chi connectivity index (χ3v) is 3.48. The van der Waals surface area contributed by atoms with Crippen molar-refractivity contribution in [2.45, 2.75) is 31.0 Å². The second kappa shape index (κ2) is 4.67. The molecule has 6 heteroatoms. The number of hydrogen-bond donors (Lipinski definition) is 0. The standard InChI is InChI=1S/C13H14F4O2/c1-12(13(15,16)17)6-8(7-19-12)11-9(14)4-3-5-10(11)18-2/h3-5,8H,6-7H2,1-2H3/t8-,12-/m0/s1. The van der Waals surface area contributed by atoms with Gasteiger partial charge in [0.1, 0.15) is 11.6 Å². The average molecular weight is 278 g/mol. The predicted octanol–water partition coefficient (Wildman–Crippen LogP) is 3.66. The van der Waals surface area contributed by atoms with Crippen LogP contribution in [0.25, 0.3) is 0 Å². The molecule has 1 aromatic rings. The van der Waals surface area contributed by atoms with E-state index < -0.39 is 23.5 Å². The Balaban J connectivity index is 2.32. The summed E-state index contributed by atoms with van der Waals surface area (Å²) in [6, 6.07) is 4.19. The lowest BCUT2D eigenvalue weighted by Gasteiger charge is -2.26. The molecule has 1 heterocycles. The minimum atomic E-state index is -4.47. The van der Waals surface area contributed by atoms with Crippen LogP contribution in [0.5, 0.6) is 5.75 Å². The lowest BCUT2D eigenvalue weighted by molar-refractivity contribution is -0.255. The average Bonchev–Trinajstić information content (AvgIpc) is 2.72. The molecule has 1 aliphatic rings. The number of rotatable bonds is 2. The molecule has 0 aromatic heterocycles. The first-order chi connectivity index (χ1) is 8.78. The van der Waals surface area contributed by atoms with Crippen molar-refractivity contribution >= 4 is 0 Å². The second-order valence-corrected chi connectivity index (χ2v) is 4.80. The van der Waals surface area contributed by atoms with E-state index in [0.29, 0.717) is 0 Å². The number of ether oxygens (including phenoxy) is 2. The Bertz CT molecular complexity index is 472. The number of hydrogen-bond acceptors (Lipinski definition) is 2. The molecule has 0 N–H and O–H groups in total. The highest BCUT2D eigenvalue weighted by Crippen LogP contribution is 2.47. The van der Waals surface area contributed by atoms with Crippen LogP contribution in [0.1, 0.15) is 24.8 Å². The molecule has 0 saturated carbocycles. The quantitative estimate of drug-likeness (QED) is 0.769. The monoisotopic (exact) mass is 278 g/mol. The van der Waals surface area contributed by atoms with Gasteiger partial charge in [0.25, 0.3) is 0 Å². The first-order valence-corrected chi connectivity index (χ1v) is 5.81. The van der Waals surface area contributed by atoms with Gasteiger partial charge in [0.2, 0.25) is 0 Å². The van der Waals surface area contributed by atoms with E-state index in [4.69, 9.17) is 9.47 Å². The zero-order valence-corrected chi connectivity index (χ0v) is 10.6. The summed E-state index contributed by atoms with van der Waals surface area (Å²) in [6.45, 7) is 0.813. The van der Waals surface area contributed by atoms with Gasteiger partial charge < -0.3 is 9.47 Å². The summed E-state index contributed by atoms with van der Waals surface area (Å²) in [5.74, 6) is -0.984. The third-order valence-electron chi connectivity index (χ3n) is 3.48. The highest BCUT2D eigenvalue weighted by Gasteiger charge is 2.57. The Hall–Kier alpha value is -1.30. The Morgan fingerprint density at radius 3 is 2.58 bits per heavy atom. The van der Waals surface area contributed by atoms with Crippen molar-refractivity contribution < 1.29 is 27.0 Å². The van der Waals surface area contributed by atoms with Crippen LogP contribution in [-0.2, 0) is 4.74 Å². The van der Waals surface area contributed by atoms with Gasteiger partial charge in [0.15, 0.2) is 5.60 Å². The molecule has 2 atom stereocenters. The van der Waals surface area contributed by atoms with Gasteiger partial charge in [0.05, 0.1) is 13.7 Å². The van der Waals surface area contributed by atoms with Crippen LogP contribution >= 0.6 is 0 Å². The molecule has 2 nitrogen and oxygen atoms in total. The minimum absolute atomic E-state index is 0.151. The third kappa shape index (κ3) is 2.41. The van der Waals surface area contributed by atoms with Crippen molar-refractivity contribution in [2.24, 2.45) is 0 Å². The molecular weight excluding hydrogens is 264 g/mol. The minimum Gasteiger partial charge on any atom is -0.496 e. The van der Waals surface area contributed by atoms with Crippen molar-refractivity contribution in [1.82, 2.24) is 0 Å². The highest BCUT2D eigenvalue weighted by atomic mass is 19.4. The summed E-state index contributed by atoms with van der Waals surface area (Å²) in [5, 5.41) is 0. The van der Waals surface area contributed by atoms with Gasteiger partial charge in [0, 0.05) is 11.5 Å². The smallest absolute Gasteiger partial charge is 0.417 e. The normalized spacial score (nSPS) is 27.6. The van der Waals surface area contributed by atoms with Gasteiger partial charge in [-0.15, -0.1) is 0 Å². The Morgan fingerprint density at radius 1 is 1.37 bits per heavy atom. The molecule has 0 unspecified atom stereocenters. The highest BCUT2D eigenvalue weighted by molar-refractivity contribution is 5.38. The Morgan fingerprint density at radius 2 is 2.05 bits per heavy atom. The molecule has 0 radical (unpaired) electrons. The molecule has 19 heavy (non-hydrogen) atoms. The van der Waals surface area contributed by atoms with Crippen LogP contribution in [0.3, 0.4) is 0 Å². The molecule has 2 rings (SSSR count). The topological polar surface area (TPSA) is 18.5 Å². The maximum Gasteiger partial charge on any atom is 0.417 e. The van der Waals surface area contributed by atoms with Crippen LogP contribution in [0, 0.1) is 5.82 Å². The van der Waals surface area contributed by atoms with Gasteiger partial charge in [-0.2, -0.15) is 13.2 Å². The first kappa shape index (κ1) is 14.1. The van der Waals surface area contributed by atoms with Crippen molar-refractivity contribution in [2.75, 3.05) is 13.7 Å².